The molecular weight excluding hydrogens is 224 g/mol. The average Bonchev–Trinajstić information content (AvgIpc) is 2.70. The SMILES string of the molecule is Cc1ccc2nc(CC3CCCN(C)C3)nn2c1. The fraction of sp³-hybridized carbons (Fsp3) is 0.571. The van der Waals surface area contributed by atoms with Crippen LogP contribution in [-0.2, 0) is 6.42 Å². The summed E-state index contributed by atoms with van der Waals surface area (Å²) in [6, 6.07) is 4.13. The molecule has 1 saturated heterocycles. The van der Waals surface area contributed by atoms with Gasteiger partial charge >= 0.3 is 0 Å². The highest BCUT2D eigenvalue weighted by Gasteiger charge is 2.19. The molecule has 96 valence electrons. The van der Waals surface area contributed by atoms with Crippen molar-refractivity contribution in [2.75, 3.05) is 20.1 Å². The van der Waals surface area contributed by atoms with Crippen LogP contribution in [0.5, 0.6) is 0 Å². The van der Waals surface area contributed by atoms with Crippen molar-refractivity contribution in [2.45, 2.75) is 26.2 Å². The van der Waals surface area contributed by atoms with Crippen molar-refractivity contribution in [3.63, 3.8) is 0 Å². The molecule has 1 aliphatic heterocycles. The molecule has 3 heterocycles. The first-order chi connectivity index (χ1) is 8.70. The molecule has 2 aromatic heterocycles. The second-order valence-corrected chi connectivity index (χ2v) is 5.51. The standard InChI is InChI=1S/C14H20N4/c1-11-5-6-14-15-13(16-18(14)9-11)8-12-4-3-7-17(2)10-12/h5-6,9,12H,3-4,7-8,10H2,1-2H3. The topological polar surface area (TPSA) is 33.4 Å². The van der Waals surface area contributed by atoms with E-state index in [1.165, 1.54) is 31.5 Å². The second-order valence-electron chi connectivity index (χ2n) is 5.51. The summed E-state index contributed by atoms with van der Waals surface area (Å²) >= 11 is 0. The van der Waals surface area contributed by atoms with Gasteiger partial charge < -0.3 is 4.90 Å². The van der Waals surface area contributed by atoms with Crippen LogP contribution in [0.4, 0.5) is 0 Å². The minimum absolute atomic E-state index is 0.710. The molecule has 4 nitrogen and oxygen atoms in total. The van der Waals surface area contributed by atoms with Gasteiger partial charge in [0.1, 0.15) is 0 Å². The Morgan fingerprint density at radius 1 is 1.39 bits per heavy atom. The predicted octanol–water partition coefficient (Wildman–Crippen LogP) is 1.92. The van der Waals surface area contributed by atoms with Crippen LogP contribution in [0, 0.1) is 12.8 Å². The zero-order chi connectivity index (χ0) is 12.5. The summed E-state index contributed by atoms with van der Waals surface area (Å²) in [5.74, 6) is 1.70. The second kappa shape index (κ2) is 4.69. The number of rotatable bonds is 2. The van der Waals surface area contributed by atoms with Crippen LogP contribution in [0.1, 0.15) is 24.2 Å². The van der Waals surface area contributed by atoms with Gasteiger partial charge in [-0.1, -0.05) is 6.07 Å². The van der Waals surface area contributed by atoms with Crippen LogP contribution >= 0.6 is 0 Å². The molecule has 1 aliphatic rings. The zero-order valence-corrected chi connectivity index (χ0v) is 11.1. The first-order valence-electron chi connectivity index (χ1n) is 6.71. The Morgan fingerprint density at radius 2 is 2.28 bits per heavy atom. The molecule has 1 fully saturated rings. The summed E-state index contributed by atoms with van der Waals surface area (Å²) in [4.78, 5) is 7.02. The molecule has 0 saturated carbocycles. The van der Waals surface area contributed by atoms with Gasteiger partial charge in [0.25, 0.3) is 0 Å². The summed E-state index contributed by atoms with van der Waals surface area (Å²) in [5, 5.41) is 4.58. The average molecular weight is 244 g/mol. The van der Waals surface area contributed by atoms with E-state index in [0.29, 0.717) is 5.92 Å². The molecule has 0 bridgehead atoms. The summed E-state index contributed by atoms with van der Waals surface area (Å²) in [5.41, 5.74) is 2.18. The highest BCUT2D eigenvalue weighted by Crippen LogP contribution is 2.18. The molecule has 0 amide bonds. The quantitative estimate of drug-likeness (QED) is 0.809. The largest absolute Gasteiger partial charge is 0.306 e. The van der Waals surface area contributed by atoms with Crippen molar-refractivity contribution in [2.24, 2.45) is 5.92 Å². The molecule has 1 atom stereocenters. The Bertz CT molecular complexity index is 546. The zero-order valence-electron chi connectivity index (χ0n) is 11.1. The lowest BCUT2D eigenvalue weighted by Crippen LogP contribution is -2.33. The molecule has 0 aliphatic carbocycles. The molecule has 18 heavy (non-hydrogen) atoms. The third-order valence-corrected chi connectivity index (χ3v) is 3.72. The van der Waals surface area contributed by atoms with E-state index in [4.69, 9.17) is 0 Å². The number of fused-ring (bicyclic) bond motifs is 1. The lowest BCUT2D eigenvalue weighted by atomic mass is 9.95. The predicted molar refractivity (Wildman–Crippen MR) is 71.6 cm³/mol. The molecule has 0 N–H and O–H groups in total. The van der Waals surface area contributed by atoms with Gasteiger partial charge in [-0.05, 0) is 50.9 Å². The van der Waals surface area contributed by atoms with Crippen LogP contribution in [0.2, 0.25) is 0 Å². The maximum Gasteiger partial charge on any atom is 0.155 e. The number of hydrogen-bond donors (Lipinski definition) is 0. The highest BCUT2D eigenvalue weighted by atomic mass is 15.3. The maximum absolute atomic E-state index is 4.61. The van der Waals surface area contributed by atoms with Gasteiger partial charge in [0.2, 0.25) is 0 Å². The van der Waals surface area contributed by atoms with Gasteiger partial charge in [0.05, 0.1) is 0 Å². The summed E-state index contributed by atoms with van der Waals surface area (Å²) in [6.45, 7) is 4.49. The summed E-state index contributed by atoms with van der Waals surface area (Å²) in [7, 11) is 2.20. The van der Waals surface area contributed by atoms with E-state index >= 15 is 0 Å². The molecule has 4 heteroatoms. The molecule has 0 spiro atoms. The highest BCUT2D eigenvalue weighted by molar-refractivity contribution is 5.38. The first kappa shape index (κ1) is 11.7. The molecule has 0 aromatic carbocycles. The summed E-state index contributed by atoms with van der Waals surface area (Å²) < 4.78 is 1.90. The van der Waals surface area contributed by atoms with Crippen molar-refractivity contribution < 1.29 is 0 Å². The number of aromatic nitrogens is 3. The number of hydrogen-bond acceptors (Lipinski definition) is 3. The Morgan fingerprint density at radius 3 is 3.11 bits per heavy atom. The van der Waals surface area contributed by atoms with Crippen LogP contribution in [0.15, 0.2) is 18.3 Å². The van der Waals surface area contributed by atoms with Crippen LogP contribution < -0.4 is 0 Å². The number of likely N-dealkylation sites (tertiary alicyclic amines) is 1. The molecule has 3 rings (SSSR count). The Kier molecular flexibility index (Phi) is 3.04. The van der Waals surface area contributed by atoms with Crippen LogP contribution in [0.3, 0.4) is 0 Å². The number of nitrogens with zero attached hydrogens (tertiary/aromatic N) is 4. The normalized spacial score (nSPS) is 21.6. The van der Waals surface area contributed by atoms with Gasteiger partial charge in [0.15, 0.2) is 11.5 Å². The number of piperidine rings is 1. The maximum atomic E-state index is 4.61. The van der Waals surface area contributed by atoms with Crippen molar-refractivity contribution in [1.29, 1.82) is 0 Å². The monoisotopic (exact) mass is 244 g/mol. The number of pyridine rings is 1. The van der Waals surface area contributed by atoms with Crippen molar-refractivity contribution in [1.82, 2.24) is 19.5 Å². The third-order valence-electron chi connectivity index (χ3n) is 3.72. The van der Waals surface area contributed by atoms with Gasteiger partial charge in [-0.25, -0.2) is 9.50 Å². The minimum atomic E-state index is 0.710. The van der Waals surface area contributed by atoms with Gasteiger partial charge in [-0.2, -0.15) is 5.10 Å². The van der Waals surface area contributed by atoms with E-state index in [1.807, 2.05) is 16.8 Å². The van der Waals surface area contributed by atoms with E-state index in [9.17, 15) is 0 Å². The van der Waals surface area contributed by atoms with E-state index < -0.39 is 0 Å². The molecule has 2 aromatic rings. The van der Waals surface area contributed by atoms with Crippen molar-refractivity contribution >= 4 is 5.65 Å². The van der Waals surface area contributed by atoms with Gasteiger partial charge in [-0.3, -0.25) is 0 Å². The minimum Gasteiger partial charge on any atom is -0.306 e. The first-order valence-corrected chi connectivity index (χ1v) is 6.71. The lowest BCUT2D eigenvalue weighted by molar-refractivity contribution is 0.207. The van der Waals surface area contributed by atoms with Crippen LogP contribution in [0.25, 0.3) is 5.65 Å². The van der Waals surface area contributed by atoms with Crippen molar-refractivity contribution in [3.8, 4) is 0 Å². The Hall–Kier alpha value is -1.42. The van der Waals surface area contributed by atoms with Crippen molar-refractivity contribution in [3.05, 3.63) is 29.7 Å². The van der Waals surface area contributed by atoms with E-state index in [2.05, 4.69) is 35.0 Å². The fourth-order valence-corrected chi connectivity index (χ4v) is 2.82. The van der Waals surface area contributed by atoms with Gasteiger partial charge in [-0.15, -0.1) is 0 Å². The smallest absolute Gasteiger partial charge is 0.155 e. The molecule has 0 radical (unpaired) electrons. The summed E-state index contributed by atoms with van der Waals surface area (Å²) in [6.07, 6.45) is 5.65. The van der Waals surface area contributed by atoms with E-state index in [1.54, 1.807) is 0 Å². The Balaban J connectivity index is 1.78. The van der Waals surface area contributed by atoms with Gasteiger partial charge in [0, 0.05) is 19.2 Å². The van der Waals surface area contributed by atoms with Crippen LogP contribution in [-0.4, -0.2) is 39.6 Å². The van der Waals surface area contributed by atoms with E-state index in [0.717, 1.165) is 17.9 Å². The number of aryl methyl sites for hydroxylation is 1. The molecular formula is C14H20N4. The lowest BCUT2D eigenvalue weighted by Gasteiger charge is -2.28. The van der Waals surface area contributed by atoms with E-state index in [-0.39, 0.29) is 0 Å². The Labute approximate surface area is 108 Å². The fourth-order valence-electron chi connectivity index (χ4n) is 2.82. The molecule has 1 unspecified atom stereocenters. The third kappa shape index (κ3) is 2.38.